The molecule has 114 valence electrons. The number of nitrogens with one attached hydrogen (secondary N) is 1. The number of rotatable bonds is 7. The van der Waals surface area contributed by atoms with Crippen molar-refractivity contribution >= 4 is 10.1 Å². The van der Waals surface area contributed by atoms with Crippen molar-refractivity contribution in [3.05, 3.63) is 24.3 Å². The summed E-state index contributed by atoms with van der Waals surface area (Å²) in [6.07, 6.45) is 1.19. The Kier molecular flexibility index (Phi) is 5.52. The van der Waals surface area contributed by atoms with Crippen LogP contribution in [-0.4, -0.2) is 44.9 Å². The van der Waals surface area contributed by atoms with Crippen LogP contribution >= 0.6 is 0 Å². The van der Waals surface area contributed by atoms with Gasteiger partial charge in [-0.05, 0) is 12.1 Å². The maximum Gasteiger partial charge on any atom is 0.193 e. The van der Waals surface area contributed by atoms with Gasteiger partial charge in [-0.15, -0.1) is 5.43 Å². The van der Waals surface area contributed by atoms with Crippen LogP contribution in [0.4, 0.5) is 0 Å². The lowest BCUT2D eigenvalue weighted by molar-refractivity contribution is -0.921. The number of benzene rings is 1. The Morgan fingerprint density at radius 1 is 1.30 bits per heavy atom. The van der Waals surface area contributed by atoms with Crippen molar-refractivity contribution in [3.8, 4) is 5.75 Å². The van der Waals surface area contributed by atoms with Crippen LogP contribution in [0, 0.1) is 0 Å². The Bertz CT molecular complexity index is 538. The van der Waals surface area contributed by atoms with E-state index in [1.54, 1.807) is 6.07 Å². The van der Waals surface area contributed by atoms with Gasteiger partial charge in [-0.3, -0.25) is 0 Å². The predicted octanol–water partition coefficient (Wildman–Crippen LogP) is 1.31. The zero-order valence-corrected chi connectivity index (χ0v) is 13.1. The second-order valence-electron chi connectivity index (χ2n) is 5.44. The van der Waals surface area contributed by atoms with Gasteiger partial charge in [0, 0.05) is 6.42 Å². The first-order valence-electron chi connectivity index (χ1n) is 6.44. The highest BCUT2D eigenvalue weighted by molar-refractivity contribution is 7.85. The quantitative estimate of drug-likeness (QED) is 0.355. The Morgan fingerprint density at radius 3 is 2.40 bits per heavy atom. The zero-order valence-electron chi connectivity index (χ0n) is 12.3. The third-order valence-electron chi connectivity index (χ3n) is 2.47. The first-order valence-corrected chi connectivity index (χ1v) is 7.85. The fraction of sp³-hybridized carbons (Fsp3) is 0.538. The number of nitrogens with zero attached hydrogens (tertiary/aromatic N) is 1. The van der Waals surface area contributed by atoms with Crippen LogP contribution in [-0.2, 0) is 10.1 Å². The third kappa shape index (κ3) is 5.46. The molecule has 0 bridgehead atoms. The molecule has 0 saturated carbocycles. The smallest absolute Gasteiger partial charge is 0.193 e. The minimum atomic E-state index is -4.55. The molecule has 0 aliphatic heterocycles. The van der Waals surface area contributed by atoms with E-state index in [-0.39, 0.29) is 16.9 Å². The Labute approximate surface area is 120 Å². The van der Waals surface area contributed by atoms with Gasteiger partial charge < -0.3 is 9.29 Å². The molecule has 1 atom stereocenters. The van der Waals surface area contributed by atoms with Crippen LogP contribution in [0.15, 0.2) is 29.2 Å². The lowest BCUT2D eigenvalue weighted by Gasteiger charge is -2.30. The van der Waals surface area contributed by atoms with Gasteiger partial charge in [-0.1, -0.05) is 25.5 Å². The molecule has 1 unspecified atom stereocenters. The summed E-state index contributed by atoms with van der Waals surface area (Å²) in [7, 11) is 1.25. The number of para-hydroxylation sites is 1. The van der Waals surface area contributed by atoms with E-state index in [2.05, 4.69) is 5.43 Å². The molecule has 0 saturated heterocycles. The van der Waals surface area contributed by atoms with E-state index in [0.717, 1.165) is 6.42 Å². The van der Waals surface area contributed by atoms with E-state index in [1.165, 1.54) is 18.2 Å². The van der Waals surface area contributed by atoms with Gasteiger partial charge in [-0.25, -0.2) is 13.0 Å². The Morgan fingerprint density at radius 2 is 1.90 bits per heavy atom. The molecule has 0 amide bonds. The SMILES string of the molecule is CCCC(N[N+](C)(C)C)Oc1ccccc1S(=O)(=O)[O-]. The summed E-state index contributed by atoms with van der Waals surface area (Å²) in [6, 6.07) is 5.89. The molecule has 1 aromatic carbocycles. The van der Waals surface area contributed by atoms with Crippen molar-refractivity contribution in [2.75, 3.05) is 21.1 Å². The molecule has 1 aromatic rings. The van der Waals surface area contributed by atoms with Crippen LogP contribution < -0.4 is 10.2 Å². The molecule has 6 nitrogen and oxygen atoms in total. The van der Waals surface area contributed by atoms with Crippen LogP contribution in [0.25, 0.3) is 0 Å². The fourth-order valence-electron chi connectivity index (χ4n) is 1.75. The first kappa shape index (κ1) is 16.9. The monoisotopic (exact) mass is 302 g/mol. The van der Waals surface area contributed by atoms with Crippen molar-refractivity contribution in [1.82, 2.24) is 5.43 Å². The van der Waals surface area contributed by atoms with E-state index in [0.29, 0.717) is 11.0 Å². The lowest BCUT2D eigenvalue weighted by Crippen LogP contribution is -2.55. The van der Waals surface area contributed by atoms with Crippen molar-refractivity contribution < 1.29 is 22.3 Å². The van der Waals surface area contributed by atoms with Crippen LogP contribution in [0.3, 0.4) is 0 Å². The van der Waals surface area contributed by atoms with Crippen LogP contribution in [0.5, 0.6) is 5.75 Å². The van der Waals surface area contributed by atoms with Crippen molar-refractivity contribution in [1.29, 1.82) is 0 Å². The van der Waals surface area contributed by atoms with Crippen molar-refractivity contribution in [2.24, 2.45) is 0 Å². The Balaban J connectivity index is 3.00. The maximum atomic E-state index is 11.2. The average molecular weight is 302 g/mol. The number of ether oxygens (including phenoxy) is 1. The molecular weight excluding hydrogens is 280 g/mol. The summed E-state index contributed by atoms with van der Waals surface area (Å²) in [5.41, 5.74) is 3.20. The molecule has 0 spiro atoms. The largest absolute Gasteiger partial charge is 0.744 e. The summed E-state index contributed by atoms with van der Waals surface area (Å²) in [6.45, 7) is 2.00. The van der Waals surface area contributed by atoms with E-state index in [9.17, 15) is 13.0 Å². The summed E-state index contributed by atoms with van der Waals surface area (Å²) >= 11 is 0. The van der Waals surface area contributed by atoms with E-state index < -0.39 is 10.1 Å². The highest BCUT2D eigenvalue weighted by Gasteiger charge is 2.20. The highest BCUT2D eigenvalue weighted by atomic mass is 32.2. The zero-order chi connectivity index (χ0) is 15.4. The lowest BCUT2D eigenvalue weighted by atomic mass is 10.3. The van der Waals surface area contributed by atoms with E-state index in [1.807, 2.05) is 28.1 Å². The van der Waals surface area contributed by atoms with E-state index in [4.69, 9.17) is 4.74 Å². The van der Waals surface area contributed by atoms with Crippen LogP contribution in [0.2, 0.25) is 0 Å². The molecule has 1 N–H and O–H groups in total. The third-order valence-corrected chi connectivity index (χ3v) is 3.35. The molecule has 0 aliphatic rings. The fourth-order valence-corrected chi connectivity index (χ4v) is 2.36. The molecule has 0 aromatic heterocycles. The summed E-state index contributed by atoms with van der Waals surface area (Å²) in [4.78, 5) is -0.329. The maximum absolute atomic E-state index is 11.2. The van der Waals surface area contributed by atoms with Gasteiger partial charge in [-0.2, -0.15) is 0 Å². The van der Waals surface area contributed by atoms with Gasteiger partial charge in [0.25, 0.3) is 0 Å². The second kappa shape index (κ2) is 6.53. The topological polar surface area (TPSA) is 78.5 Å². The molecule has 0 heterocycles. The van der Waals surface area contributed by atoms with Gasteiger partial charge in [0.1, 0.15) is 15.9 Å². The minimum Gasteiger partial charge on any atom is -0.744 e. The molecule has 1 rings (SSSR count). The standard InChI is InChI=1S/C13H22N2O4S/c1-5-8-13(14-15(2,3)4)19-11-9-6-7-10-12(11)20(16,17)18/h6-7,9-10,13-14H,5,8H2,1-4H3. The molecule has 0 aliphatic carbocycles. The molecular formula is C13H22N2O4S. The predicted molar refractivity (Wildman–Crippen MR) is 74.9 cm³/mol. The molecule has 7 heteroatoms. The molecule has 0 radical (unpaired) electrons. The summed E-state index contributed by atoms with van der Waals surface area (Å²) in [5, 5.41) is 0. The van der Waals surface area contributed by atoms with E-state index >= 15 is 0 Å². The number of hydrogen-bond acceptors (Lipinski definition) is 5. The van der Waals surface area contributed by atoms with Gasteiger partial charge in [0.15, 0.2) is 6.23 Å². The van der Waals surface area contributed by atoms with Gasteiger partial charge in [0.05, 0.1) is 26.0 Å². The highest BCUT2D eigenvalue weighted by Crippen LogP contribution is 2.24. The van der Waals surface area contributed by atoms with Gasteiger partial charge in [0.2, 0.25) is 0 Å². The summed E-state index contributed by atoms with van der Waals surface area (Å²) in [5.74, 6) is 0.0851. The van der Waals surface area contributed by atoms with Crippen LogP contribution in [0.1, 0.15) is 19.8 Å². The molecule has 0 fully saturated rings. The number of hydrogen-bond donors (Lipinski definition) is 1. The van der Waals surface area contributed by atoms with Gasteiger partial charge >= 0.3 is 0 Å². The number of quaternary nitrogens is 1. The average Bonchev–Trinajstić information content (AvgIpc) is 2.26. The second-order valence-corrected chi connectivity index (χ2v) is 6.79. The molecule has 20 heavy (non-hydrogen) atoms. The van der Waals surface area contributed by atoms with Crippen molar-refractivity contribution in [2.45, 2.75) is 30.9 Å². The Hall–Kier alpha value is -1.15. The normalized spacial score (nSPS) is 14.1. The first-order chi connectivity index (χ1) is 9.13. The van der Waals surface area contributed by atoms with Crippen molar-refractivity contribution in [3.63, 3.8) is 0 Å². The minimum absolute atomic E-state index is 0.0851. The summed E-state index contributed by atoms with van der Waals surface area (Å²) < 4.78 is 39.8.